The highest BCUT2D eigenvalue weighted by molar-refractivity contribution is 7.13. The first-order chi connectivity index (χ1) is 10.0. The van der Waals surface area contributed by atoms with Crippen LogP contribution in [0.5, 0.6) is 0 Å². The van der Waals surface area contributed by atoms with Gasteiger partial charge in [0, 0.05) is 23.1 Å². The fraction of sp³-hybridized carbons (Fsp3) is 0.0714. The first-order valence-electron chi connectivity index (χ1n) is 6.11. The van der Waals surface area contributed by atoms with E-state index in [4.69, 9.17) is 10.2 Å². The van der Waals surface area contributed by atoms with Gasteiger partial charge in [-0.1, -0.05) is 0 Å². The van der Waals surface area contributed by atoms with E-state index < -0.39 is 4.92 Å². The van der Waals surface area contributed by atoms with Crippen LogP contribution in [-0.4, -0.2) is 9.91 Å². The number of aryl methyl sites for hydroxylation is 1. The van der Waals surface area contributed by atoms with E-state index in [2.05, 4.69) is 4.98 Å². The van der Waals surface area contributed by atoms with Crippen LogP contribution >= 0.6 is 11.3 Å². The summed E-state index contributed by atoms with van der Waals surface area (Å²) in [7, 11) is 0. The van der Waals surface area contributed by atoms with Crippen molar-refractivity contribution < 1.29 is 9.34 Å². The second-order valence-corrected chi connectivity index (χ2v) is 5.38. The molecule has 0 unspecified atom stereocenters. The van der Waals surface area contributed by atoms with Gasteiger partial charge in [-0.05, 0) is 30.7 Å². The summed E-state index contributed by atoms with van der Waals surface area (Å²) in [6.07, 6.45) is 0. The lowest BCUT2D eigenvalue weighted by molar-refractivity contribution is -0.384. The second-order valence-electron chi connectivity index (χ2n) is 4.49. The highest BCUT2D eigenvalue weighted by Crippen LogP contribution is 2.32. The van der Waals surface area contributed by atoms with Crippen LogP contribution in [0, 0.1) is 17.0 Å². The molecule has 2 aromatic heterocycles. The Morgan fingerprint density at radius 2 is 2.05 bits per heavy atom. The van der Waals surface area contributed by atoms with E-state index in [1.165, 1.54) is 23.5 Å². The third-order valence-corrected chi connectivity index (χ3v) is 3.74. The van der Waals surface area contributed by atoms with Gasteiger partial charge in [0.2, 0.25) is 0 Å². The van der Waals surface area contributed by atoms with Crippen molar-refractivity contribution in [1.82, 2.24) is 4.98 Å². The predicted molar refractivity (Wildman–Crippen MR) is 81.1 cm³/mol. The molecule has 0 fully saturated rings. The van der Waals surface area contributed by atoms with Crippen LogP contribution in [0.15, 0.2) is 40.1 Å². The first kappa shape index (κ1) is 13.3. The number of nitrogens with zero attached hydrogens (tertiary/aromatic N) is 2. The normalized spacial score (nSPS) is 10.7. The SMILES string of the molecule is Cc1cc([N+](=O)[O-])ccc1-c1ccc(-c2csc(N)n2)o1. The van der Waals surface area contributed by atoms with Crippen LogP contribution in [0.25, 0.3) is 22.8 Å². The summed E-state index contributed by atoms with van der Waals surface area (Å²) in [5, 5.41) is 13.1. The van der Waals surface area contributed by atoms with Gasteiger partial charge in [-0.3, -0.25) is 10.1 Å². The van der Waals surface area contributed by atoms with Crippen LogP contribution in [0.2, 0.25) is 0 Å². The Balaban J connectivity index is 1.98. The molecular formula is C14H11N3O3S. The Morgan fingerprint density at radius 1 is 1.29 bits per heavy atom. The summed E-state index contributed by atoms with van der Waals surface area (Å²) in [4.78, 5) is 14.5. The summed E-state index contributed by atoms with van der Waals surface area (Å²) in [5.41, 5.74) is 7.95. The molecule has 0 bridgehead atoms. The number of non-ortho nitro benzene ring substituents is 1. The van der Waals surface area contributed by atoms with E-state index in [-0.39, 0.29) is 5.69 Å². The molecule has 0 atom stereocenters. The molecule has 3 rings (SSSR count). The Kier molecular flexibility index (Phi) is 3.19. The summed E-state index contributed by atoms with van der Waals surface area (Å²) < 4.78 is 5.77. The molecule has 0 amide bonds. The van der Waals surface area contributed by atoms with Crippen molar-refractivity contribution in [2.75, 3.05) is 5.73 Å². The Bertz CT molecular complexity index is 822. The van der Waals surface area contributed by atoms with Crippen LogP contribution in [0.3, 0.4) is 0 Å². The predicted octanol–water partition coefficient (Wildman–Crippen LogP) is 3.87. The van der Waals surface area contributed by atoms with Crippen molar-refractivity contribution in [2.45, 2.75) is 6.92 Å². The topological polar surface area (TPSA) is 95.2 Å². The third kappa shape index (κ3) is 2.50. The highest BCUT2D eigenvalue weighted by atomic mass is 32.1. The number of aromatic nitrogens is 1. The lowest BCUT2D eigenvalue weighted by atomic mass is 10.1. The van der Waals surface area contributed by atoms with Gasteiger partial charge in [0.25, 0.3) is 5.69 Å². The van der Waals surface area contributed by atoms with Gasteiger partial charge in [-0.25, -0.2) is 4.98 Å². The number of nitro groups is 1. The average molecular weight is 301 g/mol. The van der Waals surface area contributed by atoms with Crippen LogP contribution in [0.4, 0.5) is 10.8 Å². The largest absolute Gasteiger partial charge is 0.454 e. The molecule has 0 saturated carbocycles. The zero-order valence-electron chi connectivity index (χ0n) is 11.1. The van der Waals surface area contributed by atoms with Crippen LogP contribution in [0.1, 0.15) is 5.56 Å². The minimum absolute atomic E-state index is 0.0651. The molecule has 0 radical (unpaired) electrons. The molecule has 2 heterocycles. The number of furan rings is 1. The fourth-order valence-corrected chi connectivity index (χ4v) is 2.61. The third-order valence-electron chi connectivity index (χ3n) is 3.07. The lowest BCUT2D eigenvalue weighted by Crippen LogP contribution is -1.89. The number of benzene rings is 1. The molecule has 106 valence electrons. The monoisotopic (exact) mass is 301 g/mol. The molecule has 0 aliphatic carbocycles. The quantitative estimate of drug-likeness (QED) is 0.585. The number of hydrogen-bond donors (Lipinski definition) is 1. The maximum Gasteiger partial charge on any atom is 0.269 e. The summed E-state index contributed by atoms with van der Waals surface area (Å²) >= 11 is 1.34. The van der Waals surface area contributed by atoms with E-state index in [9.17, 15) is 10.1 Å². The minimum atomic E-state index is -0.414. The molecule has 1 aromatic carbocycles. The van der Waals surface area contributed by atoms with Crippen molar-refractivity contribution in [3.8, 4) is 22.8 Å². The van der Waals surface area contributed by atoms with Gasteiger partial charge in [0.1, 0.15) is 11.5 Å². The number of rotatable bonds is 3. The van der Waals surface area contributed by atoms with E-state index in [1.54, 1.807) is 6.07 Å². The van der Waals surface area contributed by atoms with Gasteiger partial charge in [-0.15, -0.1) is 11.3 Å². The zero-order valence-corrected chi connectivity index (χ0v) is 11.9. The van der Waals surface area contributed by atoms with Crippen LogP contribution < -0.4 is 5.73 Å². The van der Waals surface area contributed by atoms with E-state index in [0.717, 1.165) is 11.1 Å². The number of nitrogen functional groups attached to an aromatic ring is 1. The lowest BCUT2D eigenvalue weighted by Gasteiger charge is -2.02. The maximum atomic E-state index is 10.8. The molecule has 0 spiro atoms. The molecule has 0 saturated heterocycles. The molecule has 2 N–H and O–H groups in total. The first-order valence-corrected chi connectivity index (χ1v) is 6.99. The minimum Gasteiger partial charge on any atom is -0.454 e. The Hall–Kier alpha value is -2.67. The number of thiazole rings is 1. The molecule has 3 aromatic rings. The fourth-order valence-electron chi connectivity index (χ4n) is 2.06. The van der Waals surface area contributed by atoms with Gasteiger partial charge in [0.15, 0.2) is 10.9 Å². The van der Waals surface area contributed by atoms with E-state index in [0.29, 0.717) is 22.3 Å². The van der Waals surface area contributed by atoms with Gasteiger partial charge >= 0.3 is 0 Å². The van der Waals surface area contributed by atoms with E-state index in [1.807, 2.05) is 24.4 Å². The molecule has 7 heteroatoms. The average Bonchev–Trinajstić information content (AvgIpc) is 3.07. The molecule has 6 nitrogen and oxygen atoms in total. The smallest absolute Gasteiger partial charge is 0.269 e. The number of hydrogen-bond acceptors (Lipinski definition) is 6. The van der Waals surface area contributed by atoms with Crippen molar-refractivity contribution in [1.29, 1.82) is 0 Å². The van der Waals surface area contributed by atoms with Crippen molar-refractivity contribution in [2.24, 2.45) is 0 Å². The molecule has 21 heavy (non-hydrogen) atoms. The van der Waals surface area contributed by atoms with E-state index >= 15 is 0 Å². The van der Waals surface area contributed by atoms with Crippen molar-refractivity contribution in [3.63, 3.8) is 0 Å². The molecular weight excluding hydrogens is 290 g/mol. The van der Waals surface area contributed by atoms with Crippen LogP contribution in [-0.2, 0) is 0 Å². The summed E-state index contributed by atoms with van der Waals surface area (Å²) in [6.45, 7) is 1.81. The maximum absolute atomic E-state index is 10.8. The summed E-state index contributed by atoms with van der Waals surface area (Å²) in [5.74, 6) is 1.26. The highest BCUT2D eigenvalue weighted by Gasteiger charge is 2.13. The molecule has 0 aliphatic heterocycles. The Morgan fingerprint density at radius 3 is 2.67 bits per heavy atom. The van der Waals surface area contributed by atoms with Gasteiger partial charge < -0.3 is 10.2 Å². The summed E-state index contributed by atoms with van der Waals surface area (Å²) in [6, 6.07) is 8.30. The van der Waals surface area contributed by atoms with Crippen molar-refractivity contribution in [3.05, 3.63) is 51.4 Å². The standard InChI is InChI=1S/C14H11N3O3S/c1-8-6-9(17(18)19)2-3-10(8)12-4-5-13(20-12)11-7-21-14(15)16-11/h2-7H,1H3,(H2,15,16). The number of anilines is 1. The number of nitrogens with two attached hydrogens (primary N) is 1. The van der Waals surface area contributed by atoms with Gasteiger partial charge in [0.05, 0.1) is 4.92 Å². The Labute approximate surface area is 124 Å². The zero-order chi connectivity index (χ0) is 15.0. The van der Waals surface area contributed by atoms with Crippen molar-refractivity contribution >= 4 is 22.2 Å². The molecule has 0 aliphatic rings. The number of nitro benzene ring substituents is 1. The second kappa shape index (κ2) is 5.02. The van der Waals surface area contributed by atoms with Gasteiger partial charge in [-0.2, -0.15) is 0 Å².